The summed E-state index contributed by atoms with van der Waals surface area (Å²) in [5.74, 6) is 1.07. The number of aromatic amines is 1. The van der Waals surface area contributed by atoms with Crippen molar-refractivity contribution in [3.05, 3.63) is 51.7 Å². The number of hydrogen-bond acceptors (Lipinski definition) is 5. The molecule has 1 unspecified atom stereocenters. The zero-order valence-corrected chi connectivity index (χ0v) is 16.2. The first-order valence-electron chi connectivity index (χ1n) is 10.2. The van der Waals surface area contributed by atoms with Gasteiger partial charge in [-0.15, -0.1) is 0 Å². The average molecular weight is 367 g/mol. The van der Waals surface area contributed by atoms with Crippen LogP contribution in [0.5, 0.6) is 0 Å². The third-order valence-electron chi connectivity index (χ3n) is 5.66. The molecule has 4 rings (SSSR count). The monoisotopic (exact) mass is 367 g/mol. The lowest BCUT2D eigenvalue weighted by molar-refractivity contribution is 0.196. The van der Waals surface area contributed by atoms with Crippen LogP contribution in [0.15, 0.2) is 29.1 Å². The molecule has 6 nitrogen and oxygen atoms in total. The molecule has 0 bridgehead atoms. The number of nitrogens with zero attached hydrogens (tertiary/aromatic N) is 4. The molecule has 0 aromatic carbocycles. The van der Waals surface area contributed by atoms with Crippen molar-refractivity contribution in [2.75, 3.05) is 31.1 Å². The molecule has 0 spiro atoms. The minimum absolute atomic E-state index is 0.0296. The summed E-state index contributed by atoms with van der Waals surface area (Å²) in [6.45, 7) is 6.88. The van der Waals surface area contributed by atoms with Gasteiger partial charge in [-0.2, -0.15) is 0 Å². The zero-order valence-electron chi connectivity index (χ0n) is 16.2. The van der Waals surface area contributed by atoms with Crippen molar-refractivity contribution in [1.29, 1.82) is 0 Å². The number of aromatic nitrogens is 3. The highest BCUT2D eigenvalue weighted by Crippen LogP contribution is 2.27. The van der Waals surface area contributed by atoms with Gasteiger partial charge in [0.2, 0.25) is 5.95 Å². The number of piperidine rings is 2. The van der Waals surface area contributed by atoms with Crippen molar-refractivity contribution >= 4 is 5.95 Å². The lowest BCUT2D eigenvalue weighted by Gasteiger charge is -2.33. The Morgan fingerprint density at radius 1 is 1.11 bits per heavy atom. The molecule has 2 aliphatic heterocycles. The zero-order chi connectivity index (χ0) is 18.6. The van der Waals surface area contributed by atoms with Crippen LogP contribution in [0.4, 0.5) is 5.95 Å². The van der Waals surface area contributed by atoms with E-state index in [-0.39, 0.29) is 5.56 Å². The van der Waals surface area contributed by atoms with E-state index in [0.29, 0.717) is 5.92 Å². The minimum Gasteiger partial charge on any atom is -0.342 e. The molecule has 0 radical (unpaired) electrons. The predicted molar refractivity (Wildman–Crippen MR) is 107 cm³/mol. The predicted octanol–water partition coefficient (Wildman–Crippen LogP) is 2.84. The van der Waals surface area contributed by atoms with Crippen molar-refractivity contribution < 1.29 is 0 Å². The lowest BCUT2D eigenvalue weighted by atomic mass is 9.94. The van der Waals surface area contributed by atoms with Gasteiger partial charge >= 0.3 is 0 Å². The number of rotatable bonds is 4. The third kappa shape index (κ3) is 4.56. The highest BCUT2D eigenvalue weighted by molar-refractivity contribution is 5.31. The Kier molecular flexibility index (Phi) is 5.53. The number of likely N-dealkylation sites (tertiary alicyclic amines) is 1. The highest BCUT2D eigenvalue weighted by atomic mass is 16.1. The number of anilines is 1. The first-order valence-corrected chi connectivity index (χ1v) is 10.2. The van der Waals surface area contributed by atoms with E-state index >= 15 is 0 Å². The summed E-state index contributed by atoms with van der Waals surface area (Å²) in [6, 6.07) is 7.90. The molecule has 6 heteroatoms. The second-order valence-electron chi connectivity index (χ2n) is 7.89. The maximum atomic E-state index is 12.3. The van der Waals surface area contributed by atoms with Crippen LogP contribution in [0.3, 0.4) is 0 Å². The van der Waals surface area contributed by atoms with Crippen molar-refractivity contribution in [3.8, 4) is 0 Å². The molecule has 2 saturated heterocycles. The molecule has 2 aromatic heterocycles. The fourth-order valence-corrected chi connectivity index (χ4v) is 4.28. The van der Waals surface area contributed by atoms with Gasteiger partial charge in [0.05, 0.1) is 11.4 Å². The summed E-state index contributed by atoms with van der Waals surface area (Å²) in [5.41, 5.74) is 3.09. The maximum Gasteiger partial charge on any atom is 0.252 e. The summed E-state index contributed by atoms with van der Waals surface area (Å²) in [5, 5.41) is 0. The SMILES string of the molecule is Cc1cccc(CN2CCCC(c3cc(=O)[nH]c(N4CCCCC4)n3)C2)n1. The van der Waals surface area contributed by atoms with E-state index in [1.165, 1.54) is 19.3 Å². The van der Waals surface area contributed by atoms with Crippen LogP contribution in [0.25, 0.3) is 0 Å². The maximum absolute atomic E-state index is 12.3. The largest absolute Gasteiger partial charge is 0.342 e. The fourth-order valence-electron chi connectivity index (χ4n) is 4.28. The van der Waals surface area contributed by atoms with Crippen molar-refractivity contribution in [3.63, 3.8) is 0 Å². The Labute approximate surface area is 160 Å². The molecule has 0 amide bonds. The van der Waals surface area contributed by atoms with Crippen molar-refractivity contribution in [2.45, 2.75) is 51.5 Å². The van der Waals surface area contributed by atoms with E-state index in [1.807, 2.05) is 13.0 Å². The molecule has 2 aromatic rings. The van der Waals surface area contributed by atoms with E-state index in [2.05, 4.69) is 31.9 Å². The standard InChI is InChI=1S/C21H29N5O/c1-16-7-5-9-18(22-16)15-25-10-6-8-17(14-25)19-13-20(27)24-21(23-19)26-11-3-2-4-12-26/h5,7,9,13,17H,2-4,6,8,10-12,14-15H2,1H3,(H,23,24,27). The minimum atomic E-state index is -0.0296. The molecule has 0 aliphatic carbocycles. The van der Waals surface area contributed by atoms with E-state index in [4.69, 9.17) is 4.98 Å². The number of H-pyrrole nitrogens is 1. The Morgan fingerprint density at radius 3 is 2.78 bits per heavy atom. The number of nitrogens with one attached hydrogen (secondary N) is 1. The van der Waals surface area contributed by atoms with Gasteiger partial charge in [-0.3, -0.25) is 19.7 Å². The Hall–Kier alpha value is -2.21. The molecule has 4 heterocycles. The number of pyridine rings is 1. The second-order valence-corrected chi connectivity index (χ2v) is 7.89. The van der Waals surface area contributed by atoms with E-state index < -0.39 is 0 Å². The van der Waals surface area contributed by atoms with Crippen LogP contribution < -0.4 is 10.5 Å². The van der Waals surface area contributed by atoms with Gasteiger partial charge < -0.3 is 4.90 Å². The molecule has 2 fully saturated rings. The first kappa shape index (κ1) is 18.2. The van der Waals surface area contributed by atoms with Crippen LogP contribution >= 0.6 is 0 Å². The van der Waals surface area contributed by atoms with Crippen LogP contribution in [-0.2, 0) is 6.54 Å². The summed E-state index contributed by atoms with van der Waals surface area (Å²) in [7, 11) is 0. The van der Waals surface area contributed by atoms with Gasteiger partial charge in [0.25, 0.3) is 5.56 Å². The van der Waals surface area contributed by atoms with Gasteiger partial charge in [-0.05, 0) is 57.7 Å². The Morgan fingerprint density at radius 2 is 1.96 bits per heavy atom. The van der Waals surface area contributed by atoms with Crippen LogP contribution in [-0.4, -0.2) is 46.0 Å². The summed E-state index contributed by atoms with van der Waals surface area (Å²) in [4.78, 5) is 29.4. The Balaban J connectivity index is 1.49. The van der Waals surface area contributed by atoms with Gasteiger partial charge in [-0.1, -0.05) is 6.07 Å². The Bertz CT molecular complexity index is 827. The smallest absolute Gasteiger partial charge is 0.252 e. The molecule has 27 heavy (non-hydrogen) atoms. The van der Waals surface area contributed by atoms with E-state index in [9.17, 15) is 4.79 Å². The van der Waals surface area contributed by atoms with Gasteiger partial charge in [0, 0.05) is 43.9 Å². The molecule has 1 atom stereocenters. The molecular formula is C21H29N5O. The van der Waals surface area contributed by atoms with Crippen LogP contribution in [0.1, 0.15) is 55.1 Å². The fraction of sp³-hybridized carbons (Fsp3) is 0.571. The molecule has 2 aliphatic rings. The van der Waals surface area contributed by atoms with Gasteiger partial charge in [0.15, 0.2) is 0 Å². The van der Waals surface area contributed by atoms with E-state index in [1.54, 1.807) is 6.07 Å². The number of hydrogen-bond donors (Lipinski definition) is 1. The molecule has 1 N–H and O–H groups in total. The highest BCUT2D eigenvalue weighted by Gasteiger charge is 2.24. The summed E-state index contributed by atoms with van der Waals surface area (Å²) in [6.07, 6.45) is 5.84. The van der Waals surface area contributed by atoms with Crippen molar-refractivity contribution in [2.24, 2.45) is 0 Å². The molecule has 144 valence electrons. The number of aryl methyl sites for hydroxylation is 1. The topological polar surface area (TPSA) is 65.1 Å². The van der Waals surface area contributed by atoms with E-state index in [0.717, 1.165) is 68.6 Å². The van der Waals surface area contributed by atoms with Gasteiger partial charge in [0.1, 0.15) is 0 Å². The average Bonchev–Trinajstić information content (AvgIpc) is 2.68. The first-order chi connectivity index (χ1) is 13.2. The summed E-state index contributed by atoms with van der Waals surface area (Å²) < 4.78 is 0. The van der Waals surface area contributed by atoms with Gasteiger partial charge in [-0.25, -0.2) is 4.98 Å². The normalized spacial score (nSPS) is 21.4. The second kappa shape index (κ2) is 8.21. The molecule has 0 saturated carbocycles. The van der Waals surface area contributed by atoms with Crippen LogP contribution in [0.2, 0.25) is 0 Å². The quantitative estimate of drug-likeness (QED) is 0.900. The summed E-state index contributed by atoms with van der Waals surface area (Å²) >= 11 is 0. The lowest BCUT2D eigenvalue weighted by Crippen LogP contribution is -2.36. The third-order valence-corrected chi connectivity index (χ3v) is 5.66. The molecular weight excluding hydrogens is 338 g/mol. The van der Waals surface area contributed by atoms with Crippen molar-refractivity contribution in [1.82, 2.24) is 19.9 Å². The van der Waals surface area contributed by atoms with Crippen LogP contribution in [0, 0.1) is 6.92 Å².